The fourth-order valence-corrected chi connectivity index (χ4v) is 5.25. The van der Waals surface area contributed by atoms with Crippen LogP contribution in [0.15, 0.2) is 30.6 Å². The Morgan fingerprint density at radius 1 is 1.16 bits per heavy atom. The Morgan fingerprint density at radius 2 is 1.86 bits per heavy atom. The van der Waals surface area contributed by atoms with E-state index in [2.05, 4.69) is 15.3 Å². The summed E-state index contributed by atoms with van der Waals surface area (Å²) in [5, 5.41) is 12.2. The summed E-state index contributed by atoms with van der Waals surface area (Å²) >= 11 is 0. The SMILES string of the molecule is Cn1cnc2c(C#N)nc(-c3ccc(OCCN4C(=O)NC5(CCN(C(=O)OC(C)(C)C)CC5)C4=O)c(C(F)(F)F)c3)cc21. The number of carbonyl (C=O) groups excluding carboxylic acids is 3. The predicted octanol–water partition coefficient (Wildman–Crippen LogP) is 4.23. The van der Waals surface area contributed by atoms with Crippen LogP contribution in [-0.2, 0) is 22.8 Å². The maximum atomic E-state index is 14.1. The molecule has 0 bridgehead atoms. The predicted molar refractivity (Wildman–Crippen MR) is 149 cm³/mol. The molecule has 0 radical (unpaired) electrons. The number of ether oxygens (including phenoxy) is 2. The number of imide groups is 1. The Bertz CT molecular complexity index is 1680. The van der Waals surface area contributed by atoms with Crippen molar-refractivity contribution in [3.05, 3.63) is 41.9 Å². The standard InChI is InChI=1S/C29H30F3N7O5/c1-27(2,3)44-26(42)38-9-7-28(8-10-38)24(40)39(25(41)36-28)11-12-43-22-6-5-17(13-18(22)29(30,31)32)19-14-21-23(20(15-33)35-19)34-16-37(21)4/h5-6,13-14,16H,7-12H2,1-4H3,(H,36,41). The Kier molecular flexibility index (Phi) is 7.65. The van der Waals surface area contributed by atoms with Gasteiger partial charge in [0.2, 0.25) is 0 Å². The smallest absolute Gasteiger partial charge is 0.419 e. The van der Waals surface area contributed by atoms with E-state index in [0.29, 0.717) is 11.0 Å². The highest BCUT2D eigenvalue weighted by atomic mass is 19.4. The molecule has 0 atom stereocenters. The van der Waals surface area contributed by atoms with E-state index in [9.17, 15) is 32.8 Å². The molecule has 232 valence electrons. The van der Waals surface area contributed by atoms with Gasteiger partial charge in [0.1, 0.15) is 35.1 Å². The Labute approximate surface area is 250 Å². The van der Waals surface area contributed by atoms with E-state index in [0.717, 1.165) is 17.0 Å². The van der Waals surface area contributed by atoms with E-state index in [-0.39, 0.29) is 56.0 Å². The van der Waals surface area contributed by atoms with E-state index < -0.39 is 46.7 Å². The minimum Gasteiger partial charge on any atom is -0.491 e. The van der Waals surface area contributed by atoms with Crippen LogP contribution in [0.25, 0.3) is 22.3 Å². The summed E-state index contributed by atoms with van der Waals surface area (Å²) in [5.41, 5.74) is -1.86. The van der Waals surface area contributed by atoms with Gasteiger partial charge in [0.25, 0.3) is 5.91 Å². The Hall–Kier alpha value is -4.87. The number of fused-ring (bicyclic) bond motifs is 1. The van der Waals surface area contributed by atoms with Crippen LogP contribution in [0, 0.1) is 11.3 Å². The van der Waals surface area contributed by atoms with E-state index >= 15 is 0 Å². The first-order chi connectivity index (χ1) is 20.6. The number of hydrogen-bond donors (Lipinski definition) is 1. The van der Waals surface area contributed by atoms with Crippen molar-refractivity contribution in [1.29, 1.82) is 5.26 Å². The highest BCUT2D eigenvalue weighted by Crippen LogP contribution is 2.39. The number of likely N-dealkylation sites (tertiary alicyclic amines) is 1. The summed E-state index contributed by atoms with van der Waals surface area (Å²) in [6.07, 6.45) is -3.50. The van der Waals surface area contributed by atoms with Crippen LogP contribution in [0.4, 0.5) is 22.8 Å². The third kappa shape index (κ3) is 5.84. The average molecular weight is 614 g/mol. The van der Waals surface area contributed by atoms with E-state index in [1.54, 1.807) is 38.5 Å². The molecule has 2 fully saturated rings. The number of amides is 4. The molecular weight excluding hydrogens is 583 g/mol. The van der Waals surface area contributed by atoms with Crippen molar-refractivity contribution >= 4 is 29.1 Å². The Morgan fingerprint density at radius 3 is 2.50 bits per heavy atom. The first-order valence-electron chi connectivity index (χ1n) is 13.8. The number of alkyl halides is 3. The lowest BCUT2D eigenvalue weighted by molar-refractivity contribution is -0.139. The van der Waals surface area contributed by atoms with Gasteiger partial charge in [0.05, 0.1) is 29.6 Å². The number of halogens is 3. The van der Waals surface area contributed by atoms with Gasteiger partial charge in [-0.05, 0) is 57.9 Å². The molecular formula is C29H30F3N7O5. The molecule has 0 saturated carbocycles. The number of rotatable bonds is 5. The van der Waals surface area contributed by atoms with Gasteiger partial charge in [-0.3, -0.25) is 9.69 Å². The number of carbonyl (C=O) groups is 3. The first kappa shape index (κ1) is 30.6. The van der Waals surface area contributed by atoms with Crippen LogP contribution < -0.4 is 10.1 Å². The number of nitriles is 1. The summed E-state index contributed by atoms with van der Waals surface area (Å²) in [7, 11) is 1.69. The summed E-state index contributed by atoms with van der Waals surface area (Å²) in [6, 6.07) is 6.19. The number of hydrogen-bond acceptors (Lipinski definition) is 8. The highest BCUT2D eigenvalue weighted by Gasteiger charge is 2.53. The number of nitrogens with zero attached hydrogens (tertiary/aromatic N) is 6. The third-order valence-corrected chi connectivity index (χ3v) is 7.49. The van der Waals surface area contributed by atoms with Gasteiger partial charge in [0.15, 0.2) is 5.69 Å². The summed E-state index contributed by atoms with van der Waals surface area (Å²) in [6.45, 7) is 4.93. The molecule has 4 heterocycles. The molecule has 2 aliphatic heterocycles. The summed E-state index contributed by atoms with van der Waals surface area (Å²) < 4.78 is 54.7. The molecule has 44 heavy (non-hydrogen) atoms. The number of benzene rings is 1. The van der Waals surface area contributed by atoms with Gasteiger partial charge in [-0.2, -0.15) is 18.4 Å². The number of aryl methyl sites for hydroxylation is 1. The lowest BCUT2D eigenvalue weighted by atomic mass is 9.87. The van der Waals surface area contributed by atoms with Crippen molar-refractivity contribution in [1.82, 2.24) is 29.7 Å². The van der Waals surface area contributed by atoms with Crippen molar-refractivity contribution in [2.45, 2.75) is 50.9 Å². The van der Waals surface area contributed by atoms with Crippen molar-refractivity contribution in [3.8, 4) is 23.1 Å². The molecule has 4 amide bonds. The molecule has 1 spiro atoms. The molecule has 3 aromatic rings. The molecule has 2 aromatic heterocycles. The molecule has 0 unspecified atom stereocenters. The number of urea groups is 1. The zero-order chi connectivity index (χ0) is 32.0. The topological polar surface area (TPSA) is 143 Å². The van der Waals surface area contributed by atoms with Gasteiger partial charge < -0.3 is 24.3 Å². The van der Waals surface area contributed by atoms with Gasteiger partial charge in [-0.25, -0.2) is 19.6 Å². The van der Waals surface area contributed by atoms with Crippen molar-refractivity contribution in [3.63, 3.8) is 0 Å². The number of piperidine rings is 1. The van der Waals surface area contributed by atoms with E-state index in [1.165, 1.54) is 17.3 Å². The van der Waals surface area contributed by atoms with Crippen molar-refractivity contribution in [2.75, 3.05) is 26.2 Å². The second kappa shape index (κ2) is 11.0. The number of pyridine rings is 1. The lowest BCUT2D eigenvalue weighted by Gasteiger charge is -2.37. The molecule has 1 aromatic carbocycles. The van der Waals surface area contributed by atoms with E-state index in [1.807, 2.05) is 6.07 Å². The fourth-order valence-electron chi connectivity index (χ4n) is 5.25. The van der Waals surface area contributed by atoms with Crippen LogP contribution in [0.2, 0.25) is 0 Å². The summed E-state index contributed by atoms with van der Waals surface area (Å²) in [5.74, 6) is -1.01. The monoisotopic (exact) mass is 613 g/mol. The van der Waals surface area contributed by atoms with Crippen LogP contribution in [0.1, 0.15) is 44.9 Å². The molecule has 2 aliphatic rings. The molecule has 1 N–H and O–H groups in total. The molecule has 0 aliphatic carbocycles. The minimum atomic E-state index is -4.80. The second-order valence-electron chi connectivity index (χ2n) is 11.7. The maximum absolute atomic E-state index is 14.1. The molecule has 15 heteroatoms. The van der Waals surface area contributed by atoms with Crippen molar-refractivity contribution < 1.29 is 37.0 Å². The van der Waals surface area contributed by atoms with Crippen LogP contribution in [0.5, 0.6) is 5.75 Å². The fraction of sp³-hybridized carbons (Fsp3) is 0.448. The number of nitrogens with one attached hydrogen (secondary N) is 1. The largest absolute Gasteiger partial charge is 0.491 e. The van der Waals surface area contributed by atoms with Crippen LogP contribution in [0.3, 0.4) is 0 Å². The maximum Gasteiger partial charge on any atom is 0.419 e. The van der Waals surface area contributed by atoms with Gasteiger partial charge >= 0.3 is 18.3 Å². The first-order valence-corrected chi connectivity index (χ1v) is 13.8. The van der Waals surface area contributed by atoms with Gasteiger partial charge in [-0.15, -0.1) is 0 Å². The zero-order valence-corrected chi connectivity index (χ0v) is 24.5. The number of aromatic nitrogens is 3. The molecule has 12 nitrogen and oxygen atoms in total. The normalized spacial score (nSPS) is 16.8. The highest BCUT2D eigenvalue weighted by molar-refractivity contribution is 6.07. The number of imidazole rings is 1. The van der Waals surface area contributed by atoms with Gasteiger partial charge in [-0.1, -0.05) is 0 Å². The zero-order valence-electron chi connectivity index (χ0n) is 24.5. The van der Waals surface area contributed by atoms with Gasteiger partial charge in [0, 0.05) is 25.7 Å². The van der Waals surface area contributed by atoms with Crippen LogP contribution in [-0.4, -0.2) is 79.7 Å². The third-order valence-electron chi connectivity index (χ3n) is 7.49. The Balaban J connectivity index is 1.27. The minimum absolute atomic E-state index is 0.0196. The van der Waals surface area contributed by atoms with Crippen LogP contribution >= 0.6 is 0 Å². The summed E-state index contributed by atoms with van der Waals surface area (Å²) in [4.78, 5) is 49.0. The lowest BCUT2D eigenvalue weighted by Crippen LogP contribution is -2.56. The second-order valence-corrected chi connectivity index (χ2v) is 11.7. The average Bonchev–Trinajstić information content (AvgIpc) is 3.43. The van der Waals surface area contributed by atoms with E-state index in [4.69, 9.17) is 9.47 Å². The van der Waals surface area contributed by atoms with Crippen molar-refractivity contribution in [2.24, 2.45) is 7.05 Å². The molecule has 2 saturated heterocycles. The molecule has 5 rings (SSSR count). The quantitative estimate of drug-likeness (QED) is 0.422.